The van der Waals surface area contributed by atoms with E-state index in [1.54, 1.807) is 6.07 Å². The summed E-state index contributed by atoms with van der Waals surface area (Å²) in [6, 6.07) is 4.56. The molecule has 1 heterocycles. The van der Waals surface area contributed by atoms with Crippen LogP contribution in [0.3, 0.4) is 0 Å². The Morgan fingerprint density at radius 2 is 2.00 bits per heavy atom. The third-order valence-corrected chi connectivity index (χ3v) is 3.06. The fraction of sp³-hybridized carbons (Fsp3) is 0.385. The van der Waals surface area contributed by atoms with Gasteiger partial charge in [-0.2, -0.15) is 0 Å². The first-order valence-corrected chi connectivity index (χ1v) is 6.45. The lowest BCUT2D eigenvalue weighted by molar-refractivity contribution is -0.384. The molecule has 1 saturated heterocycles. The van der Waals surface area contributed by atoms with Crippen molar-refractivity contribution in [3.63, 3.8) is 0 Å². The molecule has 2 rings (SSSR count). The Hall–Kier alpha value is -2.48. The van der Waals surface area contributed by atoms with E-state index in [0.717, 1.165) is 4.90 Å². The van der Waals surface area contributed by atoms with Crippen molar-refractivity contribution in [1.82, 2.24) is 4.90 Å². The van der Waals surface area contributed by atoms with Gasteiger partial charge >= 0.3 is 0 Å². The third-order valence-electron chi connectivity index (χ3n) is 3.06. The van der Waals surface area contributed by atoms with Crippen molar-refractivity contribution >= 4 is 23.2 Å². The van der Waals surface area contributed by atoms with Gasteiger partial charge in [-0.3, -0.25) is 24.6 Å². The van der Waals surface area contributed by atoms with Gasteiger partial charge in [0.15, 0.2) is 0 Å². The van der Waals surface area contributed by atoms with Crippen molar-refractivity contribution in [3.05, 3.63) is 33.9 Å². The summed E-state index contributed by atoms with van der Waals surface area (Å²) in [6.45, 7) is 1.98. The van der Waals surface area contributed by atoms with E-state index in [9.17, 15) is 19.7 Å². The van der Waals surface area contributed by atoms with E-state index in [1.807, 2.05) is 6.92 Å². The van der Waals surface area contributed by atoms with Crippen molar-refractivity contribution in [3.8, 4) is 0 Å². The number of anilines is 1. The molecule has 1 fully saturated rings. The van der Waals surface area contributed by atoms with Crippen LogP contribution >= 0.6 is 0 Å². The highest BCUT2D eigenvalue weighted by atomic mass is 16.6. The molecular weight excluding hydrogens is 278 g/mol. The molecule has 0 radical (unpaired) electrons. The number of imide groups is 1. The Bertz CT molecular complexity index is 571. The van der Waals surface area contributed by atoms with Gasteiger partial charge in [-0.05, 0) is 6.92 Å². The number of hydrogen-bond donors (Lipinski definition) is 1. The largest absolute Gasteiger partial charge is 0.379 e. The van der Waals surface area contributed by atoms with Gasteiger partial charge in [-0.15, -0.1) is 0 Å². The number of benzene rings is 1. The minimum Gasteiger partial charge on any atom is -0.379 e. The zero-order chi connectivity index (χ0) is 15.4. The second-order valence-corrected chi connectivity index (χ2v) is 4.47. The first-order valence-electron chi connectivity index (χ1n) is 6.45. The summed E-state index contributed by atoms with van der Waals surface area (Å²) >= 11 is 0. The highest BCUT2D eigenvalue weighted by molar-refractivity contribution is 5.98. The van der Waals surface area contributed by atoms with Crippen LogP contribution in [-0.2, 0) is 20.9 Å². The van der Waals surface area contributed by atoms with Gasteiger partial charge in [-0.1, -0.05) is 12.1 Å². The summed E-state index contributed by atoms with van der Waals surface area (Å²) in [5.74, 6) is -0.889. The first kappa shape index (κ1) is 14.9. The maximum Gasteiger partial charge on any atom is 0.292 e. The van der Waals surface area contributed by atoms with Gasteiger partial charge in [0.05, 0.1) is 11.5 Å². The summed E-state index contributed by atoms with van der Waals surface area (Å²) < 4.78 is 4.84. The van der Waals surface area contributed by atoms with Crippen molar-refractivity contribution < 1.29 is 19.2 Å². The number of carbonyl (C=O) groups is 2. The summed E-state index contributed by atoms with van der Waals surface area (Å²) in [5, 5.41) is 14.0. The fourth-order valence-electron chi connectivity index (χ4n) is 2.12. The molecule has 0 aliphatic carbocycles. The molecule has 0 unspecified atom stereocenters. The van der Waals surface area contributed by atoms with Crippen LogP contribution in [0.5, 0.6) is 0 Å². The SMILES string of the molecule is CCNc1c(CN2C(=O)COCC2=O)cccc1[N+](=O)[O-]. The molecule has 2 amide bonds. The van der Waals surface area contributed by atoms with Gasteiger partial charge in [0.1, 0.15) is 18.9 Å². The lowest BCUT2D eigenvalue weighted by atomic mass is 10.1. The van der Waals surface area contributed by atoms with Crippen LogP contribution in [0.15, 0.2) is 18.2 Å². The summed E-state index contributed by atoms with van der Waals surface area (Å²) in [5.41, 5.74) is 0.772. The normalized spacial score (nSPS) is 15.2. The van der Waals surface area contributed by atoms with E-state index in [2.05, 4.69) is 5.32 Å². The van der Waals surface area contributed by atoms with Crippen molar-refractivity contribution in [2.45, 2.75) is 13.5 Å². The smallest absolute Gasteiger partial charge is 0.292 e. The monoisotopic (exact) mass is 293 g/mol. The molecular formula is C13H15N3O5. The van der Waals surface area contributed by atoms with Gasteiger partial charge < -0.3 is 10.1 Å². The number of rotatable bonds is 5. The second kappa shape index (κ2) is 6.31. The highest BCUT2D eigenvalue weighted by Gasteiger charge is 2.28. The van der Waals surface area contributed by atoms with Crippen LogP contribution in [0.25, 0.3) is 0 Å². The molecule has 0 spiro atoms. The van der Waals surface area contributed by atoms with Crippen LogP contribution in [0.2, 0.25) is 0 Å². The topological polar surface area (TPSA) is 102 Å². The number of nitro groups is 1. The van der Waals surface area contributed by atoms with Gasteiger partial charge in [0, 0.05) is 18.2 Å². The van der Waals surface area contributed by atoms with Gasteiger partial charge in [0.25, 0.3) is 17.5 Å². The third kappa shape index (κ3) is 3.16. The lowest BCUT2D eigenvalue weighted by Gasteiger charge is -2.25. The molecule has 0 aromatic heterocycles. The predicted octanol–water partition coefficient (Wildman–Crippen LogP) is 0.912. The molecule has 0 atom stereocenters. The molecule has 112 valence electrons. The van der Waals surface area contributed by atoms with E-state index < -0.39 is 16.7 Å². The molecule has 1 N–H and O–H groups in total. The maximum atomic E-state index is 11.7. The summed E-state index contributed by atoms with van der Waals surface area (Å²) in [4.78, 5) is 35.1. The van der Waals surface area contributed by atoms with E-state index in [1.165, 1.54) is 12.1 Å². The van der Waals surface area contributed by atoms with Crippen LogP contribution in [-0.4, -0.2) is 41.4 Å². The molecule has 8 nitrogen and oxygen atoms in total. The number of ether oxygens (including phenoxy) is 1. The molecule has 8 heteroatoms. The number of nitro benzene ring substituents is 1. The number of nitrogens with one attached hydrogen (secondary N) is 1. The Labute approximate surface area is 120 Å². The maximum absolute atomic E-state index is 11.7. The Morgan fingerprint density at radius 3 is 2.57 bits per heavy atom. The summed E-state index contributed by atoms with van der Waals surface area (Å²) in [6.07, 6.45) is 0. The molecule has 1 aromatic rings. The van der Waals surface area contributed by atoms with E-state index in [4.69, 9.17) is 4.74 Å². The first-order chi connectivity index (χ1) is 10.0. The number of morpholine rings is 1. The predicted molar refractivity (Wildman–Crippen MR) is 73.6 cm³/mol. The standard InChI is InChI=1S/C13H15N3O5/c1-2-14-13-9(4-3-5-10(13)16(19)20)6-15-11(17)7-21-8-12(15)18/h3-5,14H,2,6-8H2,1H3. The van der Waals surface area contributed by atoms with Crippen LogP contribution in [0, 0.1) is 10.1 Å². The van der Waals surface area contributed by atoms with E-state index in [0.29, 0.717) is 17.8 Å². The average Bonchev–Trinajstić information content (AvgIpc) is 2.44. The second-order valence-electron chi connectivity index (χ2n) is 4.47. The highest BCUT2D eigenvalue weighted by Crippen LogP contribution is 2.29. The summed E-state index contributed by atoms with van der Waals surface area (Å²) in [7, 11) is 0. The number of nitrogens with zero attached hydrogens (tertiary/aromatic N) is 2. The fourth-order valence-corrected chi connectivity index (χ4v) is 2.12. The zero-order valence-electron chi connectivity index (χ0n) is 11.5. The van der Waals surface area contributed by atoms with Gasteiger partial charge in [-0.25, -0.2) is 0 Å². The van der Waals surface area contributed by atoms with Crippen molar-refractivity contribution in [1.29, 1.82) is 0 Å². The molecule has 1 aromatic carbocycles. The Kier molecular flexibility index (Phi) is 4.49. The quantitative estimate of drug-likeness (QED) is 0.492. The number of carbonyl (C=O) groups excluding carboxylic acids is 2. The Balaban J connectivity index is 2.34. The van der Waals surface area contributed by atoms with E-state index >= 15 is 0 Å². The van der Waals surface area contributed by atoms with Crippen molar-refractivity contribution in [2.24, 2.45) is 0 Å². The molecule has 1 aliphatic rings. The molecule has 0 bridgehead atoms. The minimum absolute atomic E-state index is 0.00889. The van der Waals surface area contributed by atoms with Gasteiger partial charge in [0.2, 0.25) is 0 Å². The lowest BCUT2D eigenvalue weighted by Crippen LogP contribution is -2.45. The zero-order valence-corrected chi connectivity index (χ0v) is 11.5. The van der Waals surface area contributed by atoms with E-state index in [-0.39, 0.29) is 25.4 Å². The number of hydrogen-bond acceptors (Lipinski definition) is 6. The van der Waals surface area contributed by atoms with Crippen LogP contribution < -0.4 is 5.32 Å². The molecule has 1 aliphatic heterocycles. The molecule has 21 heavy (non-hydrogen) atoms. The average molecular weight is 293 g/mol. The Morgan fingerprint density at radius 1 is 1.33 bits per heavy atom. The number of para-hydroxylation sites is 1. The minimum atomic E-state index is -0.496. The van der Waals surface area contributed by atoms with Crippen molar-refractivity contribution in [2.75, 3.05) is 25.1 Å². The molecule has 0 saturated carbocycles. The van der Waals surface area contributed by atoms with Crippen LogP contribution in [0.1, 0.15) is 12.5 Å². The number of amides is 2. The van der Waals surface area contributed by atoms with Crippen LogP contribution in [0.4, 0.5) is 11.4 Å².